The first-order valence-electron chi connectivity index (χ1n) is 4.29. The number of aromatic nitrogens is 2. The maximum Gasteiger partial charge on any atom is 0.252 e. The lowest BCUT2D eigenvalue weighted by atomic mass is 10.1. The smallest absolute Gasteiger partial charge is 0.252 e. The van der Waals surface area contributed by atoms with Crippen molar-refractivity contribution in [2.45, 2.75) is 20.3 Å². The van der Waals surface area contributed by atoms with E-state index in [0.29, 0.717) is 23.6 Å². The lowest BCUT2D eigenvalue weighted by Gasteiger charge is -2.07. The lowest BCUT2D eigenvalue weighted by molar-refractivity contribution is 0.278. The SMILES string of the molecule is CC(C)CCOc1nccnc1Cl. The fourth-order valence-corrected chi connectivity index (χ4v) is 0.956. The second kappa shape index (κ2) is 5.02. The van der Waals surface area contributed by atoms with Crippen molar-refractivity contribution in [1.29, 1.82) is 0 Å². The van der Waals surface area contributed by atoms with Gasteiger partial charge >= 0.3 is 0 Å². The zero-order chi connectivity index (χ0) is 9.68. The Morgan fingerprint density at radius 2 is 2.08 bits per heavy atom. The molecule has 0 saturated carbocycles. The number of hydrogen-bond acceptors (Lipinski definition) is 3. The predicted octanol–water partition coefficient (Wildman–Crippen LogP) is 2.55. The van der Waals surface area contributed by atoms with Crippen molar-refractivity contribution >= 4 is 11.6 Å². The maximum atomic E-state index is 5.74. The average molecular weight is 201 g/mol. The largest absolute Gasteiger partial charge is 0.475 e. The molecule has 0 unspecified atom stereocenters. The summed E-state index contributed by atoms with van der Waals surface area (Å²) < 4.78 is 5.34. The van der Waals surface area contributed by atoms with Gasteiger partial charge in [-0.1, -0.05) is 25.4 Å². The van der Waals surface area contributed by atoms with Crippen LogP contribution in [0.15, 0.2) is 12.4 Å². The Balaban J connectivity index is 2.41. The van der Waals surface area contributed by atoms with Crippen LogP contribution in [-0.4, -0.2) is 16.6 Å². The monoisotopic (exact) mass is 200 g/mol. The summed E-state index contributed by atoms with van der Waals surface area (Å²) in [5.74, 6) is 1.04. The van der Waals surface area contributed by atoms with Crippen LogP contribution in [0.3, 0.4) is 0 Å². The van der Waals surface area contributed by atoms with Gasteiger partial charge in [-0.3, -0.25) is 0 Å². The molecule has 3 nitrogen and oxygen atoms in total. The number of rotatable bonds is 4. The minimum absolute atomic E-state index is 0.325. The first-order chi connectivity index (χ1) is 6.20. The van der Waals surface area contributed by atoms with Crippen molar-refractivity contribution in [2.24, 2.45) is 5.92 Å². The Morgan fingerprint density at radius 3 is 2.69 bits per heavy atom. The van der Waals surface area contributed by atoms with Gasteiger partial charge < -0.3 is 4.74 Å². The minimum atomic E-state index is 0.325. The van der Waals surface area contributed by atoms with E-state index in [9.17, 15) is 0 Å². The fourth-order valence-electron chi connectivity index (χ4n) is 0.796. The van der Waals surface area contributed by atoms with Gasteiger partial charge in [0.25, 0.3) is 5.88 Å². The van der Waals surface area contributed by atoms with Gasteiger partial charge in [-0.15, -0.1) is 0 Å². The molecule has 0 bridgehead atoms. The molecule has 0 aliphatic heterocycles. The quantitative estimate of drug-likeness (QED) is 0.750. The van der Waals surface area contributed by atoms with Crippen LogP contribution in [0.25, 0.3) is 0 Å². The summed E-state index contributed by atoms with van der Waals surface area (Å²) in [6.45, 7) is 4.92. The van der Waals surface area contributed by atoms with Crippen molar-refractivity contribution in [3.63, 3.8) is 0 Å². The summed E-state index contributed by atoms with van der Waals surface area (Å²) in [6, 6.07) is 0. The molecular weight excluding hydrogens is 188 g/mol. The summed E-state index contributed by atoms with van der Waals surface area (Å²) in [6.07, 6.45) is 4.10. The number of ether oxygens (including phenoxy) is 1. The van der Waals surface area contributed by atoms with E-state index in [4.69, 9.17) is 16.3 Å². The first-order valence-corrected chi connectivity index (χ1v) is 4.67. The molecule has 1 heterocycles. The van der Waals surface area contributed by atoms with E-state index < -0.39 is 0 Å². The molecule has 1 aromatic rings. The number of hydrogen-bond donors (Lipinski definition) is 0. The Kier molecular flexibility index (Phi) is 3.96. The molecule has 0 aromatic carbocycles. The summed E-state index contributed by atoms with van der Waals surface area (Å²) in [7, 11) is 0. The highest BCUT2D eigenvalue weighted by Gasteiger charge is 2.02. The molecule has 0 amide bonds. The van der Waals surface area contributed by atoms with Gasteiger partial charge in [-0.25, -0.2) is 9.97 Å². The van der Waals surface area contributed by atoms with E-state index in [2.05, 4.69) is 23.8 Å². The van der Waals surface area contributed by atoms with Gasteiger partial charge in [-0.05, 0) is 12.3 Å². The van der Waals surface area contributed by atoms with E-state index in [0.717, 1.165) is 6.42 Å². The first kappa shape index (κ1) is 10.3. The predicted molar refractivity (Wildman–Crippen MR) is 52.0 cm³/mol. The third-order valence-corrected chi connectivity index (χ3v) is 1.82. The van der Waals surface area contributed by atoms with Gasteiger partial charge in [0.15, 0.2) is 5.15 Å². The van der Waals surface area contributed by atoms with E-state index in [-0.39, 0.29) is 0 Å². The van der Waals surface area contributed by atoms with Crippen molar-refractivity contribution in [3.8, 4) is 5.88 Å². The van der Waals surface area contributed by atoms with Crippen LogP contribution in [0.1, 0.15) is 20.3 Å². The zero-order valence-electron chi connectivity index (χ0n) is 7.83. The lowest BCUT2D eigenvalue weighted by Crippen LogP contribution is -2.03. The number of nitrogens with zero attached hydrogens (tertiary/aromatic N) is 2. The summed E-state index contributed by atoms with van der Waals surface area (Å²) >= 11 is 5.74. The molecule has 4 heteroatoms. The van der Waals surface area contributed by atoms with Crippen LogP contribution in [0.4, 0.5) is 0 Å². The summed E-state index contributed by atoms with van der Waals surface area (Å²) in [5, 5.41) is 0.325. The second-order valence-electron chi connectivity index (χ2n) is 3.18. The van der Waals surface area contributed by atoms with Crippen molar-refractivity contribution in [1.82, 2.24) is 9.97 Å². The van der Waals surface area contributed by atoms with Crippen LogP contribution >= 0.6 is 11.6 Å². The van der Waals surface area contributed by atoms with Crippen LogP contribution < -0.4 is 4.74 Å². The Bertz CT molecular complexity index is 266. The van der Waals surface area contributed by atoms with E-state index in [1.807, 2.05) is 0 Å². The highest BCUT2D eigenvalue weighted by Crippen LogP contribution is 2.17. The molecular formula is C9H13ClN2O. The number of halogens is 1. The molecule has 0 fully saturated rings. The molecule has 1 aromatic heterocycles. The van der Waals surface area contributed by atoms with Crippen LogP contribution in [-0.2, 0) is 0 Å². The Hall–Kier alpha value is -0.830. The van der Waals surface area contributed by atoms with Crippen LogP contribution in [0.5, 0.6) is 5.88 Å². The molecule has 1 rings (SSSR count). The Labute approximate surface area is 83.1 Å². The average Bonchev–Trinajstić information content (AvgIpc) is 2.08. The van der Waals surface area contributed by atoms with Gasteiger partial charge in [0, 0.05) is 12.4 Å². The van der Waals surface area contributed by atoms with Gasteiger partial charge in [0.2, 0.25) is 0 Å². The fraction of sp³-hybridized carbons (Fsp3) is 0.556. The van der Waals surface area contributed by atoms with E-state index in [1.54, 1.807) is 6.20 Å². The highest BCUT2D eigenvalue weighted by atomic mass is 35.5. The minimum Gasteiger partial charge on any atom is -0.475 e. The molecule has 0 spiro atoms. The van der Waals surface area contributed by atoms with E-state index in [1.165, 1.54) is 6.20 Å². The van der Waals surface area contributed by atoms with Gasteiger partial charge in [0.1, 0.15) is 0 Å². The highest BCUT2D eigenvalue weighted by molar-refractivity contribution is 6.30. The summed E-state index contributed by atoms with van der Waals surface area (Å²) in [5.41, 5.74) is 0. The molecule has 72 valence electrons. The second-order valence-corrected chi connectivity index (χ2v) is 3.54. The molecule has 0 N–H and O–H groups in total. The van der Waals surface area contributed by atoms with Gasteiger partial charge in [0.05, 0.1) is 6.61 Å². The Morgan fingerprint density at radius 1 is 1.38 bits per heavy atom. The van der Waals surface area contributed by atoms with Crippen LogP contribution in [0.2, 0.25) is 5.15 Å². The van der Waals surface area contributed by atoms with Crippen molar-refractivity contribution in [2.75, 3.05) is 6.61 Å². The van der Waals surface area contributed by atoms with Crippen LogP contribution in [0, 0.1) is 5.92 Å². The van der Waals surface area contributed by atoms with Crippen molar-refractivity contribution < 1.29 is 4.74 Å². The van der Waals surface area contributed by atoms with E-state index >= 15 is 0 Å². The zero-order valence-corrected chi connectivity index (χ0v) is 8.58. The third kappa shape index (κ3) is 3.59. The topological polar surface area (TPSA) is 35.0 Å². The molecule has 0 saturated heterocycles. The van der Waals surface area contributed by atoms with Gasteiger partial charge in [-0.2, -0.15) is 0 Å². The molecule has 13 heavy (non-hydrogen) atoms. The third-order valence-electron chi connectivity index (χ3n) is 1.56. The standard InChI is InChI=1S/C9H13ClN2O/c1-7(2)3-6-13-9-8(10)11-4-5-12-9/h4-5,7H,3,6H2,1-2H3. The molecule has 0 radical (unpaired) electrons. The van der Waals surface area contributed by atoms with Crippen molar-refractivity contribution in [3.05, 3.63) is 17.5 Å². The molecule has 0 atom stereocenters. The molecule has 0 aliphatic rings. The maximum absolute atomic E-state index is 5.74. The summed E-state index contributed by atoms with van der Waals surface area (Å²) in [4.78, 5) is 7.81. The molecule has 0 aliphatic carbocycles. The normalized spacial score (nSPS) is 10.5.